The van der Waals surface area contributed by atoms with E-state index < -0.39 is 17.9 Å². The molecular formula is C16H15N3O5. The molecule has 0 amide bonds. The summed E-state index contributed by atoms with van der Waals surface area (Å²) in [7, 11) is 2.40. The van der Waals surface area contributed by atoms with Crippen LogP contribution in [0.3, 0.4) is 0 Å². The standard InChI is InChI=1S/C16H15N3O5/c1-22-12(20)6-11-14(16(21)23-2)13(9-4-3-5-19-8-9)10(7-17)15(18)24-11/h3-5,8,13H,6,18H2,1-2H3/t13-/m0/s1. The van der Waals surface area contributed by atoms with E-state index in [0.717, 1.165) is 0 Å². The molecule has 2 heterocycles. The summed E-state index contributed by atoms with van der Waals surface area (Å²) in [6.07, 6.45) is 2.73. The van der Waals surface area contributed by atoms with Crippen LogP contribution in [0.15, 0.2) is 47.3 Å². The van der Waals surface area contributed by atoms with Crippen LogP contribution in [-0.2, 0) is 23.8 Å². The Balaban J connectivity index is 2.65. The van der Waals surface area contributed by atoms with Crippen molar-refractivity contribution in [3.8, 4) is 6.07 Å². The van der Waals surface area contributed by atoms with Crippen LogP contribution in [0.4, 0.5) is 0 Å². The maximum absolute atomic E-state index is 12.3. The van der Waals surface area contributed by atoms with Crippen LogP contribution in [0, 0.1) is 11.3 Å². The average molecular weight is 329 g/mol. The van der Waals surface area contributed by atoms with Gasteiger partial charge in [-0.15, -0.1) is 0 Å². The Morgan fingerprint density at radius 2 is 2.17 bits per heavy atom. The molecular weight excluding hydrogens is 314 g/mol. The van der Waals surface area contributed by atoms with Gasteiger partial charge < -0.3 is 19.9 Å². The highest BCUT2D eigenvalue weighted by Crippen LogP contribution is 2.40. The van der Waals surface area contributed by atoms with Crippen LogP contribution in [0.2, 0.25) is 0 Å². The molecule has 2 rings (SSSR count). The van der Waals surface area contributed by atoms with E-state index in [9.17, 15) is 14.9 Å². The quantitative estimate of drug-likeness (QED) is 0.807. The fraction of sp³-hybridized carbons (Fsp3) is 0.250. The lowest BCUT2D eigenvalue weighted by molar-refractivity contribution is -0.140. The molecule has 0 saturated heterocycles. The molecule has 0 saturated carbocycles. The first-order chi connectivity index (χ1) is 11.5. The van der Waals surface area contributed by atoms with E-state index in [1.165, 1.54) is 20.4 Å². The molecule has 8 nitrogen and oxygen atoms in total. The van der Waals surface area contributed by atoms with Gasteiger partial charge in [-0.05, 0) is 11.6 Å². The Hall–Kier alpha value is -3.34. The molecule has 1 aliphatic rings. The van der Waals surface area contributed by atoms with Gasteiger partial charge in [-0.25, -0.2) is 4.79 Å². The molecule has 1 aromatic heterocycles. The summed E-state index contributed by atoms with van der Waals surface area (Å²) in [4.78, 5) is 27.9. The van der Waals surface area contributed by atoms with Crippen molar-refractivity contribution < 1.29 is 23.8 Å². The predicted octanol–water partition coefficient (Wildman–Crippen LogP) is 0.879. The highest BCUT2D eigenvalue weighted by molar-refractivity contribution is 5.93. The Morgan fingerprint density at radius 1 is 1.42 bits per heavy atom. The van der Waals surface area contributed by atoms with Crippen molar-refractivity contribution in [3.05, 3.63) is 52.9 Å². The van der Waals surface area contributed by atoms with Gasteiger partial charge in [-0.1, -0.05) is 6.07 Å². The Kier molecular flexibility index (Phi) is 5.16. The number of nitriles is 1. The third-order valence-corrected chi connectivity index (χ3v) is 3.45. The van der Waals surface area contributed by atoms with Gasteiger partial charge >= 0.3 is 11.9 Å². The number of nitrogens with zero attached hydrogens (tertiary/aromatic N) is 2. The van der Waals surface area contributed by atoms with E-state index in [-0.39, 0.29) is 29.2 Å². The van der Waals surface area contributed by atoms with Crippen molar-refractivity contribution in [2.24, 2.45) is 5.73 Å². The van der Waals surface area contributed by atoms with Crippen molar-refractivity contribution in [2.45, 2.75) is 12.3 Å². The third-order valence-electron chi connectivity index (χ3n) is 3.45. The van der Waals surface area contributed by atoms with Crippen molar-refractivity contribution in [2.75, 3.05) is 14.2 Å². The number of ether oxygens (including phenoxy) is 3. The molecule has 1 aliphatic heterocycles. The number of hydrogen-bond donors (Lipinski definition) is 1. The zero-order chi connectivity index (χ0) is 17.7. The Morgan fingerprint density at radius 3 is 2.71 bits per heavy atom. The minimum absolute atomic E-state index is 0.0148. The second kappa shape index (κ2) is 7.28. The van der Waals surface area contributed by atoms with Crippen molar-refractivity contribution in [1.29, 1.82) is 5.26 Å². The molecule has 0 unspecified atom stereocenters. The number of nitrogens with two attached hydrogens (primary N) is 1. The molecule has 0 fully saturated rings. The van der Waals surface area contributed by atoms with Gasteiger partial charge in [0, 0.05) is 12.4 Å². The average Bonchev–Trinajstić information content (AvgIpc) is 2.61. The molecule has 0 aromatic carbocycles. The second-order valence-electron chi connectivity index (χ2n) is 4.79. The number of carbonyl (C=O) groups excluding carboxylic acids is 2. The SMILES string of the molecule is COC(=O)CC1=C(C(=O)OC)[C@@H](c2cccnc2)C(C#N)=C(N)O1. The Bertz CT molecular complexity index is 762. The van der Waals surface area contributed by atoms with E-state index in [0.29, 0.717) is 5.56 Å². The molecule has 0 bridgehead atoms. The molecule has 1 aromatic rings. The maximum atomic E-state index is 12.3. The molecule has 24 heavy (non-hydrogen) atoms. The van der Waals surface area contributed by atoms with E-state index in [1.807, 2.05) is 6.07 Å². The normalized spacial score (nSPS) is 17.0. The van der Waals surface area contributed by atoms with Crippen LogP contribution >= 0.6 is 0 Å². The summed E-state index contributed by atoms with van der Waals surface area (Å²) in [6.45, 7) is 0. The zero-order valence-corrected chi connectivity index (χ0v) is 13.1. The third kappa shape index (κ3) is 3.20. The van der Waals surface area contributed by atoms with Gasteiger partial charge in [-0.3, -0.25) is 9.78 Å². The first-order valence-corrected chi connectivity index (χ1v) is 6.89. The van der Waals surface area contributed by atoms with E-state index in [4.69, 9.17) is 15.2 Å². The number of rotatable bonds is 4. The number of hydrogen-bond acceptors (Lipinski definition) is 8. The summed E-state index contributed by atoms with van der Waals surface area (Å²) in [6, 6.07) is 5.29. The van der Waals surface area contributed by atoms with Crippen LogP contribution in [0.5, 0.6) is 0 Å². The van der Waals surface area contributed by atoms with E-state index in [1.54, 1.807) is 18.3 Å². The lowest BCUT2D eigenvalue weighted by atomic mass is 9.83. The number of esters is 2. The predicted molar refractivity (Wildman–Crippen MR) is 80.6 cm³/mol. The summed E-state index contributed by atoms with van der Waals surface area (Å²) >= 11 is 0. The van der Waals surface area contributed by atoms with Crippen LogP contribution in [0.25, 0.3) is 0 Å². The molecule has 8 heteroatoms. The minimum Gasteiger partial charge on any atom is -0.469 e. The van der Waals surface area contributed by atoms with Gasteiger partial charge in [0.2, 0.25) is 5.88 Å². The van der Waals surface area contributed by atoms with Crippen molar-refractivity contribution in [1.82, 2.24) is 4.98 Å². The maximum Gasteiger partial charge on any atom is 0.338 e. The molecule has 2 N–H and O–H groups in total. The number of methoxy groups -OCH3 is 2. The first kappa shape index (κ1) is 17.0. The first-order valence-electron chi connectivity index (χ1n) is 6.89. The second-order valence-corrected chi connectivity index (χ2v) is 4.79. The smallest absolute Gasteiger partial charge is 0.338 e. The van der Waals surface area contributed by atoms with E-state index >= 15 is 0 Å². The van der Waals surface area contributed by atoms with E-state index in [2.05, 4.69) is 9.72 Å². The minimum atomic E-state index is -0.843. The molecule has 0 spiro atoms. The topological polar surface area (TPSA) is 125 Å². The summed E-state index contributed by atoms with van der Waals surface area (Å²) in [5.41, 5.74) is 6.40. The van der Waals surface area contributed by atoms with Crippen molar-refractivity contribution >= 4 is 11.9 Å². The largest absolute Gasteiger partial charge is 0.469 e. The lowest BCUT2D eigenvalue weighted by Crippen LogP contribution is -2.27. The van der Waals surface area contributed by atoms with Gasteiger partial charge in [-0.2, -0.15) is 5.26 Å². The number of allylic oxidation sites excluding steroid dienone is 1. The van der Waals surface area contributed by atoms with Crippen molar-refractivity contribution in [3.63, 3.8) is 0 Å². The monoisotopic (exact) mass is 329 g/mol. The highest BCUT2D eigenvalue weighted by atomic mass is 16.5. The number of carbonyl (C=O) groups is 2. The van der Waals surface area contributed by atoms with Gasteiger partial charge in [0.15, 0.2) is 0 Å². The molecule has 1 atom stereocenters. The number of aromatic nitrogens is 1. The number of pyridine rings is 1. The summed E-state index contributed by atoms with van der Waals surface area (Å²) < 4.78 is 14.7. The summed E-state index contributed by atoms with van der Waals surface area (Å²) in [5, 5.41) is 9.43. The van der Waals surface area contributed by atoms with Crippen LogP contribution < -0.4 is 5.73 Å². The van der Waals surface area contributed by atoms with Crippen LogP contribution in [0.1, 0.15) is 17.9 Å². The lowest BCUT2D eigenvalue weighted by Gasteiger charge is -2.27. The van der Waals surface area contributed by atoms with Crippen LogP contribution in [-0.4, -0.2) is 31.1 Å². The highest BCUT2D eigenvalue weighted by Gasteiger charge is 2.38. The fourth-order valence-electron chi connectivity index (χ4n) is 2.37. The summed E-state index contributed by atoms with van der Waals surface area (Å²) in [5.74, 6) is -2.39. The Labute approximate surface area is 138 Å². The van der Waals surface area contributed by atoms with Gasteiger partial charge in [0.05, 0.1) is 25.7 Å². The molecule has 0 radical (unpaired) electrons. The van der Waals surface area contributed by atoms with Gasteiger partial charge in [0.25, 0.3) is 0 Å². The van der Waals surface area contributed by atoms with Gasteiger partial charge in [0.1, 0.15) is 23.8 Å². The molecule has 0 aliphatic carbocycles. The molecule has 124 valence electrons. The fourth-order valence-corrected chi connectivity index (χ4v) is 2.37. The zero-order valence-electron chi connectivity index (χ0n) is 13.1.